The van der Waals surface area contributed by atoms with Gasteiger partial charge in [0.1, 0.15) is 0 Å². The molecule has 3 N–H and O–H groups in total. The molecule has 132 valence electrons. The van der Waals surface area contributed by atoms with Crippen LogP contribution in [0.25, 0.3) is 0 Å². The Kier molecular flexibility index (Phi) is 6.01. The highest BCUT2D eigenvalue weighted by Crippen LogP contribution is 2.27. The molecule has 0 spiro atoms. The molecule has 6 nitrogen and oxygen atoms in total. The lowest BCUT2D eigenvalue weighted by atomic mass is 10.2. The van der Waals surface area contributed by atoms with Crippen LogP contribution < -0.4 is 16.0 Å². The molecular formula is C17H18ClN3O3S. The number of carbonyl (C=O) groups excluding carboxylic acids is 2. The molecule has 1 fully saturated rings. The van der Waals surface area contributed by atoms with Crippen molar-refractivity contribution >= 4 is 46.6 Å². The van der Waals surface area contributed by atoms with Gasteiger partial charge in [0.15, 0.2) is 5.76 Å². The average Bonchev–Trinajstić information content (AvgIpc) is 3.13. The minimum atomic E-state index is -0.409. The minimum absolute atomic E-state index is 0.115. The van der Waals surface area contributed by atoms with Crippen LogP contribution in [0.3, 0.4) is 0 Å². The topological polar surface area (TPSA) is 83.4 Å². The predicted octanol–water partition coefficient (Wildman–Crippen LogP) is 3.22. The number of anilines is 2. The fourth-order valence-corrected chi connectivity index (χ4v) is 3.62. The molecule has 2 aromatic rings. The van der Waals surface area contributed by atoms with Gasteiger partial charge in [-0.1, -0.05) is 11.6 Å². The number of thioether (sulfide) groups is 1. The highest BCUT2D eigenvalue weighted by atomic mass is 35.5. The molecular weight excluding hydrogens is 362 g/mol. The monoisotopic (exact) mass is 379 g/mol. The summed E-state index contributed by atoms with van der Waals surface area (Å²) >= 11 is 7.85. The van der Waals surface area contributed by atoms with Crippen molar-refractivity contribution < 1.29 is 14.0 Å². The molecule has 3 rings (SSSR count). The van der Waals surface area contributed by atoms with Crippen LogP contribution in [0.15, 0.2) is 41.0 Å². The maximum atomic E-state index is 12.3. The van der Waals surface area contributed by atoms with Gasteiger partial charge >= 0.3 is 0 Å². The molecule has 1 saturated heterocycles. The molecule has 1 aromatic carbocycles. The fourth-order valence-electron chi connectivity index (χ4n) is 2.50. The molecule has 0 aliphatic carbocycles. The molecule has 2 amide bonds. The van der Waals surface area contributed by atoms with Crippen molar-refractivity contribution in [2.24, 2.45) is 0 Å². The van der Waals surface area contributed by atoms with E-state index in [1.807, 2.05) is 11.8 Å². The Labute approximate surface area is 154 Å². The number of benzene rings is 1. The van der Waals surface area contributed by atoms with Crippen molar-refractivity contribution in [2.45, 2.75) is 12.5 Å². The summed E-state index contributed by atoms with van der Waals surface area (Å²) in [6.45, 7) is 0.911. The van der Waals surface area contributed by atoms with E-state index < -0.39 is 5.91 Å². The van der Waals surface area contributed by atoms with Crippen molar-refractivity contribution in [3.63, 3.8) is 0 Å². The molecule has 25 heavy (non-hydrogen) atoms. The summed E-state index contributed by atoms with van der Waals surface area (Å²) in [5.74, 6) is 1.64. The zero-order chi connectivity index (χ0) is 17.6. The zero-order valence-corrected chi connectivity index (χ0v) is 15.0. The van der Waals surface area contributed by atoms with E-state index in [-0.39, 0.29) is 17.7 Å². The standard InChI is InChI=1S/C17H18ClN3O3S/c18-11-3-4-13(20-16(22)9-12-10-25-7-5-19-12)14(8-11)21-17(23)15-2-1-6-24-15/h1-4,6,8,12,19H,5,7,9-10H2,(H,20,22)(H,21,23). The number of hydrogen-bond acceptors (Lipinski definition) is 5. The number of rotatable bonds is 5. The number of halogens is 1. The van der Waals surface area contributed by atoms with E-state index in [4.69, 9.17) is 16.0 Å². The van der Waals surface area contributed by atoms with Gasteiger partial charge in [-0.25, -0.2) is 0 Å². The van der Waals surface area contributed by atoms with Gasteiger partial charge in [-0.3, -0.25) is 9.59 Å². The summed E-state index contributed by atoms with van der Waals surface area (Å²) in [7, 11) is 0. The smallest absolute Gasteiger partial charge is 0.291 e. The predicted molar refractivity (Wildman–Crippen MR) is 100 cm³/mol. The fraction of sp³-hybridized carbons (Fsp3) is 0.294. The summed E-state index contributed by atoms with van der Waals surface area (Å²) in [4.78, 5) is 24.5. The molecule has 1 aromatic heterocycles. The van der Waals surface area contributed by atoms with Gasteiger partial charge in [0, 0.05) is 35.5 Å². The highest BCUT2D eigenvalue weighted by Gasteiger charge is 2.18. The molecule has 0 saturated carbocycles. The maximum absolute atomic E-state index is 12.3. The van der Waals surface area contributed by atoms with Crippen LogP contribution >= 0.6 is 23.4 Å². The van der Waals surface area contributed by atoms with Gasteiger partial charge in [0.05, 0.1) is 17.6 Å². The zero-order valence-electron chi connectivity index (χ0n) is 13.4. The number of hydrogen-bond donors (Lipinski definition) is 3. The van der Waals surface area contributed by atoms with E-state index in [9.17, 15) is 9.59 Å². The van der Waals surface area contributed by atoms with Gasteiger partial charge in [0.2, 0.25) is 5.91 Å². The summed E-state index contributed by atoms with van der Waals surface area (Å²) in [6, 6.07) is 8.27. The Morgan fingerprint density at radius 2 is 2.16 bits per heavy atom. The lowest BCUT2D eigenvalue weighted by Crippen LogP contribution is -2.39. The number of amides is 2. The first kappa shape index (κ1) is 17.8. The summed E-state index contributed by atoms with van der Waals surface area (Å²) in [6.07, 6.45) is 1.80. The second-order valence-electron chi connectivity index (χ2n) is 5.60. The largest absolute Gasteiger partial charge is 0.459 e. The van der Waals surface area contributed by atoms with E-state index in [1.165, 1.54) is 6.26 Å². The molecule has 0 bridgehead atoms. The second kappa shape index (κ2) is 8.42. The van der Waals surface area contributed by atoms with Crippen molar-refractivity contribution in [1.82, 2.24) is 5.32 Å². The number of carbonyl (C=O) groups is 2. The van der Waals surface area contributed by atoms with Gasteiger partial charge in [-0.15, -0.1) is 0 Å². The average molecular weight is 380 g/mol. The maximum Gasteiger partial charge on any atom is 0.291 e. The first-order valence-corrected chi connectivity index (χ1v) is 9.40. The highest BCUT2D eigenvalue weighted by molar-refractivity contribution is 7.99. The van der Waals surface area contributed by atoms with Crippen molar-refractivity contribution in [2.75, 3.05) is 28.7 Å². The van der Waals surface area contributed by atoms with Gasteiger partial charge in [-0.05, 0) is 30.3 Å². The first-order valence-electron chi connectivity index (χ1n) is 7.87. The number of furan rings is 1. The van der Waals surface area contributed by atoms with E-state index >= 15 is 0 Å². The van der Waals surface area contributed by atoms with Crippen LogP contribution in [-0.2, 0) is 4.79 Å². The molecule has 1 atom stereocenters. The molecule has 1 aliphatic rings. The Morgan fingerprint density at radius 3 is 2.88 bits per heavy atom. The van der Waals surface area contributed by atoms with Crippen LogP contribution in [-0.4, -0.2) is 35.9 Å². The molecule has 0 radical (unpaired) electrons. The van der Waals surface area contributed by atoms with Crippen molar-refractivity contribution in [1.29, 1.82) is 0 Å². The van der Waals surface area contributed by atoms with Gasteiger partial charge < -0.3 is 20.4 Å². The summed E-state index contributed by atoms with van der Waals surface area (Å²) < 4.78 is 5.08. The van der Waals surface area contributed by atoms with Crippen LogP contribution in [0.4, 0.5) is 11.4 Å². The van der Waals surface area contributed by atoms with E-state index in [0.717, 1.165) is 18.1 Å². The first-order chi connectivity index (χ1) is 12.1. The Hall–Kier alpha value is -1.96. The third-order valence-electron chi connectivity index (χ3n) is 3.68. The Balaban J connectivity index is 1.68. The van der Waals surface area contributed by atoms with Crippen LogP contribution in [0.1, 0.15) is 17.0 Å². The van der Waals surface area contributed by atoms with Crippen LogP contribution in [0.5, 0.6) is 0 Å². The van der Waals surface area contributed by atoms with Crippen molar-refractivity contribution in [3.05, 3.63) is 47.4 Å². The minimum Gasteiger partial charge on any atom is -0.459 e. The third-order valence-corrected chi connectivity index (χ3v) is 5.05. The lowest BCUT2D eigenvalue weighted by molar-refractivity contribution is -0.116. The quantitative estimate of drug-likeness (QED) is 0.743. The van der Waals surface area contributed by atoms with Gasteiger partial charge in [0.25, 0.3) is 5.91 Å². The van der Waals surface area contributed by atoms with Crippen LogP contribution in [0.2, 0.25) is 5.02 Å². The molecule has 8 heteroatoms. The van der Waals surface area contributed by atoms with Gasteiger partial charge in [-0.2, -0.15) is 11.8 Å². The van der Waals surface area contributed by atoms with E-state index in [2.05, 4.69) is 16.0 Å². The van der Waals surface area contributed by atoms with E-state index in [1.54, 1.807) is 30.3 Å². The molecule has 1 aliphatic heterocycles. The second-order valence-corrected chi connectivity index (χ2v) is 7.19. The molecule has 2 heterocycles. The van der Waals surface area contributed by atoms with Crippen molar-refractivity contribution in [3.8, 4) is 0 Å². The SMILES string of the molecule is O=C(CC1CSCCN1)Nc1ccc(Cl)cc1NC(=O)c1ccco1. The van der Waals surface area contributed by atoms with Crippen LogP contribution in [0, 0.1) is 0 Å². The van der Waals surface area contributed by atoms with E-state index in [0.29, 0.717) is 22.8 Å². The Bertz CT molecular complexity index is 746. The Morgan fingerprint density at radius 1 is 1.28 bits per heavy atom. The molecule has 1 unspecified atom stereocenters. The summed E-state index contributed by atoms with van der Waals surface area (Å²) in [5.41, 5.74) is 0.922. The summed E-state index contributed by atoms with van der Waals surface area (Å²) in [5, 5.41) is 9.34. The normalized spacial score (nSPS) is 17.1. The third kappa shape index (κ3) is 5.01. The number of nitrogens with one attached hydrogen (secondary N) is 3. The lowest BCUT2D eigenvalue weighted by Gasteiger charge is -2.22.